The van der Waals surface area contributed by atoms with Gasteiger partial charge in [-0.3, -0.25) is 4.21 Å². The molecule has 1 N–H and O–H groups in total. The smallest absolute Gasteiger partial charge is 0.0475 e. The molecular weight excluding hydrogens is 218 g/mol. The summed E-state index contributed by atoms with van der Waals surface area (Å²) in [6, 6.07) is 0.432. The largest absolute Gasteiger partial charge is 0.313 e. The molecule has 0 bridgehead atoms. The van der Waals surface area contributed by atoms with E-state index in [0.717, 1.165) is 19.4 Å². The fourth-order valence-corrected chi connectivity index (χ4v) is 4.58. The molecule has 0 amide bonds. The first-order valence-electron chi connectivity index (χ1n) is 6.83. The molecule has 1 rings (SSSR count). The Kier molecular flexibility index (Phi) is 6.59. The maximum Gasteiger partial charge on any atom is 0.0475 e. The second kappa shape index (κ2) is 7.44. The predicted molar refractivity (Wildman–Crippen MR) is 72.2 cm³/mol. The van der Waals surface area contributed by atoms with Crippen LogP contribution in [0.5, 0.6) is 0 Å². The minimum absolute atomic E-state index is 0.305. The summed E-state index contributed by atoms with van der Waals surface area (Å²) in [5.41, 5.74) is 0. The van der Waals surface area contributed by atoms with Gasteiger partial charge in [0.25, 0.3) is 0 Å². The van der Waals surface area contributed by atoms with Crippen LogP contribution in [0.25, 0.3) is 0 Å². The third-order valence-corrected chi connectivity index (χ3v) is 5.85. The zero-order valence-corrected chi connectivity index (χ0v) is 11.8. The van der Waals surface area contributed by atoms with Gasteiger partial charge in [0.15, 0.2) is 0 Å². The van der Waals surface area contributed by atoms with Crippen LogP contribution in [-0.2, 0) is 10.8 Å². The van der Waals surface area contributed by atoms with Crippen LogP contribution in [0, 0.1) is 0 Å². The van der Waals surface area contributed by atoms with Gasteiger partial charge in [0, 0.05) is 27.3 Å². The van der Waals surface area contributed by atoms with E-state index in [1.165, 1.54) is 25.7 Å². The lowest BCUT2D eigenvalue weighted by Crippen LogP contribution is -2.42. The van der Waals surface area contributed by atoms with Crippen molar-refractivity contribution >= 4 is 10.8 Å². The lowest BCUT2D eigenvalue weighted by molar-refractivity contribution is 0.484. The molecule has 0 radical (unpaired) electrons. The molecule has 3 heteroatoms. The highest BCUT2D eigenvalue weighted by Gasteiger charge is 2.29. The van der Waals surface area contributed by atoms with Gasteiger partial charge in [-0.25, -0.2) is 0 Å². The molecule has 2 nitrogen and oxygen atoms in total. The van der Waals surface area contributed by atoms with Gasteiger partial charge in [-0.1, -0.05) is 26.7 Å². The Hall–Kier alpha value is 0.110. The summed E-state index contributed by atoms with van der Waals surface area (Å²) in [5, 5.41) is 4.31. The predicted octanol–water partition coefficient (Wildman–Crippen LogP) is 2.84. The van der Waals surface area contributed by atoms with Crippen molar-refractivity contribution in [2.45, 2.75) is 75.8 Å². The monoisotopic (exact) mass is 245 g/mol. The molecule has 0 aliphatic heterocycles. The van der Waals surface area contributed by atoms with Crippen molar-refractivity contribution in [3.05, 3.63) is 0 Å². The van der Waals surface area contributed by atoms with Gasteiger partial charge in [0.2, 0.25) is 0 Å². The molecule has 96 valence electrons. The Balaban J connectivity index is 2.45. The lowest BCUT2D eigenvalue weighted by Gasteiger charge is -2.25. The summed E-state index contributed by atoms with van der Waals surface area (Å²) < 4.78 is 12.4. The van der Waals surface area contributed by atoms with E-state index in [1.54, 1.807) is 0 Å². The van der Waals surface area contributed by atoms with Gasteiger partial charge in [-0.2, -0.15) is 0 Å². The number of hydrogen-bond donors (Lipinski definition) is 1. The van der Waals surface area contributed by atoms with Crippen molar-refractivity contribution in [3.63, 3.8) is 0 Å². The molecule has 1 fully saturated rings. The van der Waals surface area contributed by atoms with Crippen LogP contribution in [0.4, 0.5) is 0 Å². The minimum atomic E-state index is -0.636. The molecule has 0 aromatic carbocycles. The number of nitrogens with one attached hydrogen (secondary N) is 1. The highest BCUT2D eigenvalue weighted by atomic mass is 32.2. The molecule has 0 aromatic rings. The molecule has 0 saturated heterocycles. The van der Waals surface area contributed by atoms with Gasteiger partial charge in [0.05, 0.1) is 0 Å². The SMILES string of the molecule is CCCNC(CC)C(C)S(=O)C1CCCC1. The highest BCUT2D eigenvalue weighted by molar-refractivity contribution is 7.86. The third-order valence-electron chi connectivity index (χ3n) is 3.66. The van der Waals surface area contributed by atoms with E-state index in [2.05, 4.69) is 26.1 Å². The van der Waals surface area contributed by atoms with Crippen molar-refractivity contribution < 1.29 is 4.21 Å². The summed E-state index contributed by atoms with van der Waals surface area (Å²) >= 11 is 0. The van der Waals surface area contributed by atoms with E-state index in [1.807, 2.05) is 0 Å². The van der Waals surface area contributed by atoms with Crippen LogP contribution in [0.1, 0.15) is 59.3 Å². The van der Waals surface area contributed by atoms with E-state index < -0.39 is 10.8 Å². The second-order valence-electron chi connectivity index (χ2n) is 4.91. The molecule has 1 aliphatic carbocycles. The standard InChI is InChI=1S/C13H27NOS/c1-4-10-14-13(5-2)11(3)16(15)12-8-6-7-9-12/h11-14H,4-10H2,1-3H3. The van der Waals surface area contributed by atoms with Crippen molar-refractivity contribution in [2.75, 3.05) is 6.54 Å². The Morgan fingerprint density at radius 3 is 2.44 bits per heavy atom. The van der Waals surface area contributed by atoms with E-state index in [-0.39, 0.29) is 0 Å². The Morgan fingerprint density at radius 2 is 1.94 bits per heavy atom. The zero-order valence-electron chi connectivity index (χ0n) is 11.0. The molecule has 1 aliphatic rings. The fraction of sp³-hybridized carbons (Fsp3) is 1.00. The van der Waals surface area contributed by atoms with Gasteiger partial charge in [-0.05, 0) is 39.2 Å². The highest BCUT2D eigenvalue weighted by Crippen LogP contribution is 2.26. The maximum absolute atomic E-state index is 12.4. The molecular formula is C13H27NOS. The summed E-state index contributed by atoms with van der Waals surface area (Å²) in [6.07, 6.45) is 7.16. The van der Waals surface area contributed by atoms with E-state index in [4.69, 9.17) is 0 Å². The average Bonchev–Trinajstić information content (AvgIpc) is 2.82. The second-order valence-corrected chi connectivity index (χ2v) is 6.98. The van der Waals surface area contributed by atoms with Crippen molar-refractivity contribution in [1.29, 1.82) is 0 Å². The Labute approximate surface area is 103 Å². The number of hydrogen-bond acceptors (Lipinski definition) is 2. The van der Waals surface area contributed by atoms with Gasteiger partial charge in [-0.15, -0.1) is 0 Å². The van der Waals surface area contributed by atoms with Crippen LogP contribution in [0.15, 0.2) is 0 Å². The zero-order chi connectivity index (χ0) is 12.0. The molecule has 0 spiro atoms. The Bertz CT molecular complexity index is 214. The van der Waals surface area contributed by atoms with Crippen LogP contribution in [0.2, 0.25) is 0 Å². The van der Waals surface area contributed by atoms with Crippen LogP contribution < -0.4 is 5.32 Å². The van der Waals surface area contributed by atoms with Crippen molar-refractivity contribution in [1.82, 2.24) is 5.32 Å². The van der Waals surface area contributed by atoms with Crippen molar-refractivity contribution in [3.8, 4) is 0 Å². The van der Waals surface area contributed by atoms with Gasteiger partial charge < -0.3 is 5.32 Å². The Morgan fingerprint density at radius 1 is 1.31 bits per heavy atom. The van der Waals surface area contributed by atoms with Crippen molar-refractivity contribution in [2.24, 2.45) is 0 Å². The van der Waals surface area contributed by atoms with E-state index in [9.17, 15) is 4.21 Å². The molecule has 0 heterocycles. The first-order chi connectivity index (χ1) is 7.70. The normalized spacial score (nSPS) is 23.2. The van der Waals surface area contributed by atoms with Crippen LogP contribution in [-0.4, -0.2) is 27.3 Å². The summed E-state index contributed by atoms with van der Waals surface area (Å²) in [6.45, 7) is 7.57. The topological polar surface area (TPSA) is 29.1 Å². The van der Waals surface area contributed by atoms with E-state index >= 15 is 0 Å². The van der Waals surface area contributed by atoms with Crippen LogP contribution in [0.3, 0.4) is 0 Å². The fourth-order valence-electron chi connectivity index (χ4n) is 2.56. The molecule has 3 unspecified atom stereocenters. The maximum atomic E-state index is 12.4. The first-order valence-corrected chi connectivity index (χ1v) is 8.11. The quantitative estimate of drug-likeness (QED) is 0.747. The average molecular weight is 245 g/mol. The van der Waals surface area contributed by atoms with Gasteiger partial charge >= 0.3 is 0 Å². The summed E-state index contributed by atoms with van der Waals surface area (Å²) in [5.74, 6) is 0. The van der Waals surface area contributed by atoms with Crippen LogP contribution >= 0.6 is 0 Å². The number of rotatable bonds is 7. The lowest BCUT2D eigenvalue weighted by atomic mass is 10.1. The molecule has 16 heavy (non-hydrogen) atoms. The molecule has 3 atom stereocenters. The summed E-state index contributed by atoms with van der Waals surface area (Å²) in [7, 11) is -0.636. The third kappa shape index (κ3) is 3.85. The first kappa shape index (κ1) is 14.2. The van der Waals surface area contributed by atoms with Gasteiger partial charge in [0.1, 0.15) is 0 Å². The van der Waals surface area contributed by atoms with E-state index in [0.29, 0.717) is 16.5 Å². The minimum Gasteiger partial charge on any atom is -0.313 e. The molecule has 0 aromatic heterocycles. The summed E-state index contributed by atoms with van der Waals surface area (Å²) in [4.78, 5) is 0. The molecule has 1 saturated carbocycles.